The fraction of sp³-hybridized carbons (Fsp3) is 0.0625. The van der Waals surface area contributed by atoms with Crippen LogP contribution in [0.4, 0.5) is 4.79 Å². The molecule has 0 saturated carbocycles. The van der Waals surface area contributed by atoms with E-state index in [1.165, 1.54) is 6.08 Å². The summed E-state index contributed by atoms with van der Waals surface area (Å²) >= 11 is 0. The molecule has 0 unspecified atom stereocenters. The molecule has 1 aromatic heterocycles. The summed E-state index contributed by atoms with van der Waals surface area (Å²) in [6.45, 7) is 0.649. The molecule has 7 nitrogen and oxygen atoms in total. The number of nitrogens with two attached hydrogens (primary N) is 1. The molecule has 1 heterocycles. The molecule has 1 aromatic carbocycles. The molecule has 0 atom stereocenters. The lowest BCUT2D eigenvalue weighted by atomic mass is 10.2. The second-order valence-electron chi connectivity index (χ2n) is 4.32. The highest BCUT2D eigenvalue weighted by Gasteiger charge is 1.94. The number of benzene rings is 1. The Morgan fingerprint density at radius 1 is 1.13 bits per heavy atom. The Kier molecular flexibility index (Phi) is 7.36. The van der Waals surface area contributed by atoms with Gasteiger partial charge < -0.3 is 15.9 Å². The van der Waals surface area contributed by atoms with E-state index < -0.39 is 12.1 Å². The summed E-state index contributed by atoms with van der Waals surface area (Å²) in [5, 5.41) is 19.9. The maximum Gasteiger partial charge on any atom is 0.402 e. The van der Waals surface area contributed by atoms with Crippen molar-refractivity contribution in [2.45, 2.75) is 6.54 Å². The van der Waals surface area contributed by atoms with Crippen LogP contribution in [0.5, 0.6) is 0 Å². The molecule has 7 heteroatoms. The van der Waals surface area contributed by atoms with E-state index in [4.69, 9.17) is 15.0 Å². The fourth-order valence-corrected chi connectivity index (χ4v) is 1.59. The van der Waals surface area contributed by atoms with E-state index in [1.807, 2.05) is 42.5 Å². The van der Waals surface area contributed by atoms with Gasteiger partial charge in [-0.15, -0.1) is 0 Å². The Morgan fingerprint density at radius 3 is 2.39 bits per heavy atom. The highest BCUT2D eigenvalue weighted by molar-refractivity contribution is 5.85. The molecule has 0 radical (unpaired) electrons. The van der Waals surface area contributed by atoms with Crippen molar-refractivity contribution in [3.63, 3.8) is 0 Å². The summed E-state index contributed by atoms with van der Waals surface area (Å²) < 4.78 is 1.75. The molecule has 120 valence electrons. The highest BCUT2D eigenvalue weighted by Crippen LogP contribution is 2.03. The van der Waals surface area contributed by atoms with Crippen molar-refractivity contribution in [3.8, 4) is 0 Å². The first-order valence-electron chi connectivity index (χ1n) is 6.61. The van der Waals surface area contributed by atoms with Crippen LogP contribution in [0, 0.1) is 0 Å². The van der Waals surface area contributed by atoms with E-state index in [-0.39, 0.29) is 0 Å². The number of carbonyl (C=O) groups is 2. The third kappa shape index (κ3) is 8.51. The first-order valence-corrected chi connectivity index (χ1v) is 6.61. The molecular formula is C16H17N3O4. The molecule has 2 aromatic rings. The van der Waals surface area contributed by atoms with Gasteiger partial charge in [0.1, 0.15) is 0 Å². The van der Waals surface area contributed by atoms with Crippen LogP contribution in [0.3, 0.4) is 0 Å². The summed E-state index contributed by atoms with van der Waals surface area (Å²) in [5.41, 5.74) is 5.94. The first-order chi connectivity index (χ1) is 11.0. The Morgan fingerprint density at radius 2 is 1.78 bits per heavy atom. The van der Waals surface area contributed by atoms with Crippen LogP contribution in [-0.4, -0.2) is 32.1 Å². The number of carboxylic acids is 1. The second kappa shape index (κ2) is 9.56. The average Bonchev–Trinajstić information content (AvgIpc) is 2.94. The largest absolute Gasteiger partial charge is 0.478 e. The van der Waals surface area contributed by atoms with E-state index in [9.17, 15) is 4.79 Å². The molecule has 0 saturated heterocycles. The van der Waals surface area contributed by atoms with Gasteiger partial charge >= 0.3 is 12.1 Å². The Labute approximate surface area is 133 Å². The summed E-state index contributed by atoms with van der Waals surface area (Å²) in [4.78, 5) is 19.2. The molecular weight excluding hydrogens is 298 g/mol. The van der Waals surface area contributed by atoms with E-state index >= 15 is 0 Å². The van der Waals surface area contributed by atoms with Crippen molar-refractivity contribution >= 4 is 24.2 Å². The third-order valence-corrected chi connectivity index (χ3v) is 2.47. The number of nitrogens with zero attached hydrogens (tertiary/aromatic N) is 2. The van der Waals surface area contributed by atoms with Gasteiger partial charge in [0.15, 0.2) is 0 Å². The van der Waals surface area contributed by atoms with Gasteiger partial charge in [-0.3, -0.25) is 4.68 Å². The first kappa shape index (κ1) is 17.7. The van der Waals surface area contributed by atoms with Crippen LogP contribution >= 0.6 is 0 Å². The van der Waals surface area contributed by atoms with E-state index in [0.29, 0.717) is 6.54 Å². The predicted molar refractivity (Wildman–Crippen MR) is 86.6 cm³/mol. The van der Waals surface area contributed by atoms with Crippen molar-refractivity contribution in [1.29, 1.82) is 0 Å². The van der Waals surface area contributed by atoms with Gasteiger partial charge in [0.25, 0.3) is 0 Å². The van der Waals surface area contributed by atoms with Gasteiger partial charge in [-0.05, 0) is 11.6 Å². The van der Waals surface area contributed by atoms with Crippen LogP contribution in [0.1, 0.15) is 11.1 Å². The average molecular weight is 315 g/mol. The molecule has 0 aliphatic rings. The standard InChI is InChI=1S/C15H14N2O2.CH3NO2/c18-15(19)9-8-14-11-16-17(12-14)10-4-7-13-5-2-1-3-6-13;2-1(3)4/h1-9,11-12H,10H2,(H,18,19);2H2,(H,3,4)/b7-4?,9-8+;. The monoisotopic (exact) mass is 315 g/mol. The molecule has 23 heavy (non-hydrogen) atoms. The van der Waals surface area contributed by atoms with Gasteiger partial charge in [0.2, 0.25) is 0 Å². The molecule has 1 amide bonds. The minimum Gasteiger partial charge on any atom is -0.478 e. The normalized spacial score (nSPS) is 10.4. The molecule has 0 fully saturated rings. The molecule has 4 N–H and O–H groups in total. The summed E-state index contributed by atoms with van der Waals surface area (Å²) in [6.07, 6.45) is 8.75. The zero-order chi connectivity index (χ0) is 17.1. The Bertz CT molecular complexity index is 686. The number of carboxylic acid groups (broad SMARTS) is 2. The predicted octanol–water partition coefficient (Wildman–Crippen LogP) is 2.32. The minimum absolute atomic E-state index is 0.649. The number of primary amides is 1. The van der Waals surface area contributed by atoms with Gasteiger partial charge in [0.05, 0.1) is 12.7 Å². The third-order valence-electron chi connectivity index (χ3n) is 2.47. The van der Waals surface area contributed by atoms with Crippen LogP contribution in [-0.2, 0) is 11.3 Å². The quantitative estimate of drug-likeness (QED) is 0.732. The SMILES string of the molecule is NC(=O)O.O=C(O)/C=C/c1cnn(CC=Cc2ccccc2)c1. The minimum atomic E-state index is -1.33. The Hall–Kier alpha value is -3.35. The van der Waals surface area contributed by atoms with E-state index in [2.05, 4.69) is 10.8 Å². The second-order valence-corrected chi connectivity index (χ2v) is 4.32. The number of rotatable bonds is 5. The van der Waals surface area contributed by atoms with Crippen molar-refractivity contribution < 1.29 is 19.8 Å². The van der Waals surface area contributed by atoms with Crippen molar-refractivity contribution in [1.82, 2.24) is 9.78 Å². The summed E-state index contributed by atoms with van der Waals surface area (Å²) in [7, 11) is 0. The zero-order valence-corrected chi connectivity index (χ0v) is 12.2. The van der Waals surface area contributed by atoms with Gasteiger partial charge in [-0.2, -0.15) is 5.10 Å². The summed E-state index contributed by atoms with van der Waals surface area (Å²) in [5.74, 6) is -0.961. The number of hydrogen-bond donors (Lipinski definition) is 3. The van der Waals surface area contributed by atoms with Crippen LogP contribution in [0.2, 0.25) is 0 Å². The molecule has 0 aliphatic heterocycles. The Balaban J connectivity index is 0.000000593. The number of aliphatic carboxylic acids is 1. The molecule has 2 rings (SSSR count). The van der Waals surface area contributed by atoms with E-state index in [0.717, 1.165) is 17.2 Å². The maximum atomic E-state index is 10.4. The van der Waals surface area contributed by atoms with Crippen LogP contribution in [0.25, 0.3) is 12.2 Å². The van der Waals surface area contributed by atoms with Gasteiger partial charge in [-0.1, -0.05) is 42.5 Å². The molecule has 0 bridgehead atoms. The van der Waals surface area contributed by atoms with Crippen molar-refractivity contribution in [3.05, 3.63) is 66.0 Å². The lowest BCUT2D eigenvalue weighted by Gasteiger charge is -1.94. The zero-order valence-electron chi connectivity index (χ0n) is 12.2. The van der Waals surface area contributed by atoms with Gasteiger partial charge in [0, 0.05) is 17.8 Å². The number of hydrogen-bond acceptors (Lipinski definition) is 3. The van der Waals surface area contributed by atoms with E-state index in [1.54, 1.807) is 17.1 Å². The molecule has 0 spiro atoms. The molecule has 0 aliphatic carbocycles. The van der Waals surface area contributed by atoms with Gasteiger partial charge in [-0.25, -0.2) is 9.59 Å². The maximum absolute atomic E-state index is 10.4. The fourth-order valence-electron chi connectivity index (χ4n) is 1.59. The highest BCUT2D eigenvalue weighted by atomic mass is 16.4. The lowest BCUT2D eigenvalue weighted by molar-refractivity contribution is -0.131. The topological polar surface area (TPSA) is 118 Å². The summed E-state index contributed by atoms with van der Waals surface area (Å²) in [6, 6.07) is 10.0. The van der Waals surface area contributed by atoms with Crippen molar-refractivity contribution in [2.75, 3.05) is 0 Å². The lowest BCUT2D eigenvalue weighted by Crippen LogP contribution is -2.03. The van der Waals surface area contributed by atoms with Crippen LogP contribution < -0.4 is 5.73 Å². The van der Waals surface area contributed by atoms with Crippen LogP contribution in [0.15, 0.2) is 54.9 Å². The number of allylic oxidation sites excluding steroid dienone is 1. The van der Waals surface area contributed by atoms with Crippen molar-refractivity contribution in [2.24, 2.45) is 5.73 Å². The smallest absolute Gasteiger partial charge is 0.402 e. The number of amides is 1. The number of aromatic nitrogens is 2.